The van der Waals surface area contributed by atoms with Crippen molar-refractivity contribution in [3.8, 4) is 5.69 Å². The zero-order valence-electron chi connectivity index (χ0n) is 9.21. The summed E-state index contributed by atoms with van der Waals surface area (Å²) in [6.45, 7) is 0. The summed E-state index contributed by atoms with van der Waals surface area (Å²) in [5.74, 6) is -1.12. The van der Waals surface area contributed by atoms with E-state index in [4.69, 9.17) is 16.7 Å². The summed E-state index contributed by atoms with van der Waals surface area (Å²) in [4.78, 5) is 21.2. The van der Waals surface area contributed by atoms with Crippen molar-refractivity contribution in [1.82, 2.24) is 4.57 Å². The van der Waals surface area contributed by atoms with E-state index in [1.54, 1.807) is 0 Å². The van der Waals surface area contributed by atoms with Gasteiger partial charge in [0.1, 0.15) is 5.69 Å². The van der Waals surface area contributed by atoms with Gasteiger partial charge in [-0.2, -0.15) is 0 Å². The van der Waals surface area contributed by atoms with Gasteiger partial charge in [-0.3, -0.25) is 10.1 Å². The van der Waals surface area contributed by atoms with Crippen LogP contribution in [-0.2, 0) is 0 Å². The number of nitro benzene ring substituents is 1. The highest BCUT2D eigenvalue weighted by Crippen LogP contribution is 2.28. The van der Waals surface area contributed by atoms with Crippen LogP contribution in [0.2, 0.25) is 5.02 Å². The maximum atomic E-state index is 11.1. The van der Waals surface area contributed by atoms with Crippen LogP contribution >= 0.6 is 27.5 Å². The molecule has 1 aromatic heterocycles. The molecule has 2 aromatic rings. The van der Waals surface area contributed by atoms with Gasteiger partial charge in [-0.25, -0.2) is 4.79 Å². The Bertz CT molecular complexity index is 683. The molecule has 1 heterocycles. The average molecular weight is 346 g/mol. The molecule has 0 saturated carbocycles. The SMILES string of the molecule is O=C(O)c1cc(Br)cn1-c1ccc([N+](=O)[O-])cc1Cl. The van der Waals surface area contributed by atoms with Crippen molar-refractivity contribution < 1.29 is 14.8 Å². The number of nitrogens with zero attached hydrogens (tertiary/aromatic N) is 2. The smallest absolute Gasteiger partial charge is 0.352 e. The fraction of sp³-hybridized carbons (Fsp3) is 0. The fourth-order valence-electron chi connectivity index (χ4n) is 1.60. The van der Waals surface area contributed by atoms with Crippen LogP contribution < -0.4 is 0 Å². The van der Waals surface area contributed by atoms with Gasteiger partial charge in [-0.15, -0.1) is 0 Å². The maximum absolute atomic E-state index is 11.1. The number of hydrogen-bond donors (Lipinski definition) is 1. The Morgan fingerprint density at radius 3 is 2.63 bits per heavy atom. The lowest BCUT2D eigenvalue weighted by molar-refractivity contribution is -0.384. The Morgan fingerprint density at radius 2 is 2.11 bits per heavy atom. The number of rotatable bonds is 3. The topological polar surface area (TPSA) is 85.4 Å². The van der Waals surface area contributed by atoms with Crippen LogP contribution in [0.25, 0.3) is 5.69 Å². The van der Waals surface area contributed by atoms with E-state index in [0.29, 0.717) is 10.2 Å². The van der Waals surface area contributed by atoms with Crippen LogP contribution in [0.1, 0.15) is 10.5 Å². The highest BCUT2D eigenvalue weighted by atomic mass is 79.9. The number of non-ortho nitro benzene ring substituents is 1. The summed E-state index contributed by atoms with van der Waals surface area (Å²) in [5.41, 5.74) is 0.204. The molecule has 0 aliphatic rings. The average Bonchev–Trinajstić information content (AvgIpc) is 2.71. The fourth-order valence-corrected chi connectivity index (χ4v) is 2.29. The molecule has 2 rings (SSSR count). The monoisotopic (exact) mass is 344 g/mol. The van der Waals surface area contributed by atoms with Crippen molar-refractivity contribution in [1.29, 1.82) is 0 Å². The standard InChI is InChI=1S/C11H6BrClN2O4/c12-6-3-10(11(16)17)14(5-6)9-2-1-7(15(18)19)4-8(9)13/h1-5H,(H,16,17). The Kier molecular flexibility index (Phi) is 3.59. The molecule has 0 amide bonds. The minimum Gasteiger partial charge on any atom is -0.477 e. The molecular formula is C11H6BrClN2O4. The molecular weight excluding hydrogens is 339 g/mol. The van der Waals surface area contributed by atoms with Gasteiger partial charge in [-0.05, 0) is 28.1 Å². The predicted molar refractivity (Wildman–Crippen MR) is 72.1 cm³/mol. The lowest BCUT2D eigenvalue weighted by atomic mass is 10.2. The Balaban J connectivity index is 2.59. The van der Waals surface area contributed by atoms with Crippen molar-refractivity contribution in [2.75, 3.05) is 0 Å². The van der Waals surface area contributed by atoms with Crippen LogP contribution in [0.15, 0.2) is 34.9 Å². The zero-order valence-corrected chi connectivity index (χ0v) is 11.6. The van der Waals surface area contributed by atoms with Gasteiger partial charge in [-0.1, -0.05) is 11.6 Å². The van der Waals surface area contributed by atoms with Crippen LogP contribution in [0, 0.1) is 10.1 Å². The van der Waals surface area contributed by atoms with E-state index in [-0.39, 0.29) is 16.4 Å². The van der Waals surface area contributed by atoms with E-state index < -0.39 is 10.9 Å². The van der Waals surface area contributed by atoms with Gasteiger partial charge in [0, 0.05) is 22.8 Å². The van der Waals surface area contributed by atoms with Crippen molar-refractivity contribution in [3.05, 3.63) is 55.8 Å². The van der Waals surface area contributed by atoms with Crippen molar-refractivity contribution in [3.63, 3.8) is 0 Å². The number of aromatic nitrogens is 1. The minimum absolute atomic E-state index is 0.00243. The normalized spacial score (nSPS) is 10.4. The molecule has 1 N–H and O–H groups in total. The number of aromatic carboxylic acids is 1. The first kappa shape index (κ1) is 13.6. The summed E-state index contributed by atoms with van der Waals surface area (Å²) < 4.78 is 1.91. The summed E-state index contributed by atoms with van der Waals surface area (Å²) in [5, 5.41) is 19.8. The number of carboxylic acids is 1. The summed E-state index contributed by atoms with van der Waals surface area (Å²) in [6, 6.07) is 5.26. The molecule has 98 valence electrons. The molecule has 6 nitrogen and oxygen atoms in total. The number of halogens is 2. The van der Waals surface area contributed by atoms with Gasteiger partial charge in [0.05, 0.1) is 15.6 Å². The molecule has 0 spiro atoms. The van der Waals surface area contributed by atoms with Crippen LogP contribution in [0.3, 0.4) is 0 Å². The Labute approximate surface area is 120 Å². The van der Waals surface area contributed by atoms with Crippen molar-refractivity contribution >= 4 is 39.2 Å². The Morgan fingerprint density at radius 1 is 1.42 bits per heavy atom. The van der Waals surface area contributed by atoms with Gasteiger partial charge in [0.2, 0.25) is 0 Å². The van der Waals surface area contributed by atoms with Gasteiger partial charge < -0.3 is 9.67 Å². The Hall–Kier alpha value is -1.86. The molecule has 0 bridgehead atoms. The van der Waals surface area contributed by atoms with E-state index in [1.807, 2.05) is 0 Å². The molecule has 0 fully saturated rings. The summed E-state index contributed by atoms with van der Waals surface area (Å²) in [6.07, 6.45) is 1.52. The molecule has 0 aliphatic heterocycles. The van der Waals surface area contributed by atoms with Crippen molar-refractivity contribution in [2.24, 2.45) is 0 Å². The summed E-state index contributed by atoms with van der Waals surface area (Å²) in [7, 11) is 0. The molecule has 0 atom stereocenters. The first-order valence-corrected chi connectivity index (χ1v) is 6.12. The maximum Gasteiger partial charge on any atom is 0.352 e. The summed E-state index contributed by atoms with van der Waals surface area (Å²) >= 11 is 9.14. The van der Waals surface area contributed by atoms with E-state index in [1.165, 1.54) is 35.0 Å². The van der Waals surface area contributed by atoms with Gasteiger partial charge in [0.25, 0.3) is 5.69 Å². The quantitative estimate of drug-likeness (QED) is 0.681. The second-order valence-electron chi connectivity index (χ2n) is 3.61. The molecule has 1 aromatic carbocycles. The van der Waals surface area contributed by atoms with Gasteiger partial charge in [0.15, 0.2) is 0 Å². The number of carbonyl (C=O) groups is 1. The van der Waals surface area contributed by atoms with Crippen molar-refractivity contribution in [2.45, 2.75) is 0 Å². The first-order chi connectivity index (χ1) is 8.90. The number of nitro groups is 1. The molecule has 0 unspecified atom stereocenters. The van der Waals surface area contributed by atoms with Crippen LogP contribution in [0.4, 0.5) is 5.69 Å². The molecule has 19 heavy (non-hydrogen) atoms. The van der Waals surface area contributed by atoms with Crippen LogP contribution in [-0.4, -0.2) is 20.6 Å². The second-order valence-corrected chi connectivity index (χ2v) is 4.93. The lowest BCUT2D eigenvalue weighted by Crippen LogP contribution is -2.06. The predicted octanol–water partition coefficient (Wildman–Crippen LogP) is 3.50. The molecule has 0 aliphatic carbocycles. The van der Waals surface area contributed by atoms with E-state index in [9.17, 15) is 14.9 Å². The van der Waals surface area contributed by atoms with Crippen LogP contribution in [0.5, 0.6) is 0 Å². The molecule has 0 radical (unpaired) electrons. The largest absolute Gasteiger partial charge is 0.477 e. The van der Waals surface area contributed by atoms with Gasteiger partial charge >= 0.3 is 5.97 Å². The van der Waals surface area contributed by atoms with E-state index >= 15 is 0 Å². The number of hydrogen-bond acceptors (Lipinski definition) is 3. The molecule has 8 heteroatoms. The third-order valence-corrected chi connectivity index (χ3v) is 3.14. The van der Waals surface area contributed by atoms with E-state index in [0.717, 1.165) is 0 Å². The molecule has 0 saturated heterocycles. The van der Waals surface area contributed by atoms with E-state index in [2.05, 4.69) is 15.9 Å². The highest BCUT2D eigenvalue weighted by Gasteiger charge is 2.17. The second kappa shape index (κ2) is 5.02. The zero-order chi connectivity index (χ0) is 14.2. The number of benzene rings is 1. The lowest BCUT2D eigenvalue weighted by Gasteiger charge is -2.08. The third-order valence-electron chi connectivity index (χ3n) is 2.41. The minimum atomic E-state index is -1.12. The first-order valence-electron chi connectivity index (χ1n) is 4.95. The third kappa shape index (κ3) is 2.61. The highest BCUT2D eigenvalue weighted by molar-refractivity contribution is 9.10. The number of carboxylic acid groups (broad SMARTS) is 1.